The summed E-state index contributed by atoms with van der Waals surface area (Å²) in [5.74, 6) is 1.33. The van der Waals surface area contributed by atoms with E-state index in [1.165, 1.54) is 11.6 Å². The van der Waals surface area contributed by atoms with Gasteiger partial charge in [-0.15, -0.1) is 0 Å². The van der Waals surface area contributed by atoms with E-state index in [1.54, 1.807) is 6.33 Å². The number of anilines is 1. The summed E-state index contributed by atoms with van der Waals surface area (Å²) in [7, 11) is 0. The summed E-state index contributed by atoms with van der Waals surface area (Å²) in [5, 5.41) is 4.14. The highest BCUT2D eigenvalue weighted by atomic mass is 16.5. The predicted molar refractivity (Wildman–Crippen MR) is 100 cm³/mol. The number of nitrogens with zero attached hydrogens (tertiary/aromatic N) is 3. The van der Waals surface area contributed by atoms with Crippen LogP contribution in [0.25, 0.3) is 11.0 Å². The lowest BCUT2D eigenvalue weighted by Gasteiger charge is -2.34. The van der Waals surface area contributed by atoms with E-state index < -0.39 is 0 Å². The lowest BCUT2D eigenvalue weighted by molar-refractivity contribution is -0.117. The Morgan fingerprint density at radius 2 is 2.19 bits per heavy atom. The van der Waals surface area contributed by atoms with Gasteiger partial charge in [-0.3, -0.25) is 4.79 Å². The first-order valence-corrected chi connectivity index (χ1v) is 9.34. The van der Waals surface area contributed by atoms with Crippen molar-refractivity contribution in [2.24, 2.45) is 0 Å². The minimum atomic E-state index is -0.116. The van der Waals surface area contributed by atoms with Crippen molar-refractivity contribution in [2.45, 2.75) is 37.6 Å². The fourth-order valence-corrected chi connectivity index (χ4v) is 4.09. The van der Waals surface area contributed by atoms with Gasteiger partial charge < -0.3 is 19.9 Å². The second kappa shape index (κ2) is 7.45. The topological polar surface area (TPSA) is 83.1 Å². The van der Waals surface area contributed by atoms with Gasteiger partial charge in [0.1, 0.15) is 17.8 Å². The second-order valence-electron chi connectivity index (χ2n) is 7.05. The number of ether oxygens (including phenoxy) is 1. The minimum Gasteiger partial charge on any atom is -0.381 e. The van der Waals surface area contributed by atoms with Gasteiger partial charge in [-0.1, -0.05) is 6.58 Å². The van der Waals surface area contributed by atoms with Crippen LogP contribution in [0.5, 0.6) is 0 Å². The van der Waals surface area contributed by atoms with Gasteiger partial charge in [-0.25, -0.2) is 9.97 Å². The third kappa shape index (κ3) is 3.31. The zero-order chi connectivity index (χ0) is 17.9. The quantitative estimate of drug-likeness (QED) is 0.821. The molecule has 1 atom stereocenters. The van der Waals surface area contributed by atoms with Crippen molar-refractivity contribution in [1.82, 2.24) is 20.3 Å². The number of hydrogen-bond donors (Lipinski definition) is 2. The maximum absolute atomic E-state index is 11.7. The summed E-state index contributed by atoms with van der Waals surface area (Å²) in [6.45, 7) is 6.84. The Hall–Kier alpha value is -2.41. The number of aromatic amines is 1. The maximum Gasteiger partial charge on any atom is 0.243 e. The molecule has 0 aliphatic carbocycles. The van der Waals surface area contributed by atoms with Crippen LogP contribution < -0.4 is 10.2 Å². The Balaban J connectivity index is 1.64. The monoisotopic (exact) mass is 355 g/mol. The van der Waals surface area contributed by atoms with Crippen LogP contribution >= 0.6 is 0 Å². The standard InChI is InChI=1S/C19H25N5O2/c1-2-16(25)23-14-4-3-7-24(11-14)19-17-15(13-5-8-26-9-6-13)10-20-18(17)21-12-22-19/h2,10,12-14H,1,3-9,11H2,(H,23,25)(H,20,21,22)/t14-/m1/s1. The summed E-state index contributed by atoms with van der Waals surface area (Å²) in [5.41, 5.74) is 2.17. The third-order valence-electron chi connectivity index (χ3n) is 5.39. The summed E-state index contributed by atoms with van der Waals surface area (Å²) in [4.78, 5) is 26.3. The first-order chi connectivity index (χ1) is 12.8. The van der Waals surface area contributed by atoms with Crippen LogP contribution in [0.1, 0.15) is 37.2 Å². The molecule has 0 radical (unpaired) electrons. The Labute approximate surface area is 152 Å². The Bertz CT molecular complexity index is 796. The highest BCUT2D eigenvalue weighted by Crippen LogP contribution is 2.36. The first kappa shape index (κ1) is 17.0. The number of rotatable bonds is 4. The molecule has 0 saturated carbocycles. The highest BCUT2D eigenvalue weighted by Gasteiger charge is 2.27. The third-order valence-corrected chi connectivity index (χ3v) is 5.39. The van der Waals surface area contributed by atoms with Crippen LogP contribution in [0.2, 0.25) is 0 Å². The molecule has 0 unspecified atom stereocenters. The fourth-order valence-electron chi connectivity index (χ4n) is 4.09. The highest BCUT2D eigenvalue weighted by molar-refractivity contribution is 5.91. The number of hydrogen-bond acceptors (Lipinski definition) is 5. The molecule has 138 valence electrons. The molecule has 26 heavy (non-hydrogen) atoms. The molecule has 2 N–H and O–H groups in total. The van der Waals surface area contributed by atoms with E-state index >= 15 is 0 Å². The fraction of sp³-hybridized carbons (Fsp3) is 0.526. The molecule has 2 saturated heterocycles. The van der Waals surface area contributed by atoms with Gasteiger partial charge in [-0.05, 0) is 43.2 Å². The average molecular weight is 355 g/mol. The van der Waals surface area contributed by atoms with Gasteiger partial charge >= 0.3 is 0 Å². The molecule has 0 spiro atoms. The predicted octanol–water partition coefficient (Wildman–Crippen LogP) is 2.12. The number of nitrogens with one attached hydrogen (secondary N) is 2. The molecule has 7 heteroatoms. The van der Waals surface area contributed by atoms with Gasteiger partial charge in [0, 0.05) is 38.5 Å². The van der Waals surface area contributed by atoms with Crippen LogP contribution in [0.3, 0.4) is 0 Å². The summed E-state index contributed by atoms with van der Waals surface area (Å²) >= 11 is 0. The number of piperidine rings is 1. The van der Waals surface area contributed by atoms with E-state index in [0.717, 1.165) is 68.8 Å². The van der Waals surface area contributed by atoms with E-state index in [2.05, 4.69) is 37.9 Å². The molecular formula is C19H25N5O2. The Kier molecular flexibility index (Phi) is 4.88. The summed E-state index contributed by atoms with van der Waals surface area (Å²) in [6.07, 6.45) is 9.08. The van der Waals surface area contributed by atoms with E-state index in [1.807, 2.05) is 0 Å². The molecular weight excluding hydrogens is 330 g/mol. The molecule has 4 rings (SSSR count). The van der Waals surface area contributed by atoms with Gasteiger partial charge in [0.2, 0.25) is 5.91 Å². The van der Waals surface area contributed by atoms with Crippen LogP contribution in [-0.2, 0) is 9.53 Å². The average Bonchev–Trinajstić information content (AvgIpc) is 3.13. The lowest BCUT2D eigenvalue weighted by Crippen LogP contribution is -2.47. The molecule has 2 aliphatic heterocycles. The molecule has 0 aromatic carbocycles. The van der Waals surface area contributed by atoms with Crippen LogP contribution in [0.15, 0.2) is 25.2 Å². The van der Waals surface area contributed by atoms with Crippen LogP contribution in [0.4, 0.5) is 5.82 Å². The van der Waals surface area contributed by atoms with E-state index in [4.69, 9.17) is 4.74 Å². The molecule has 0 bridgehead atoms. The van der Waals surface area contributed by atoms with Crippen molar-refractivity contribution in [3.8, 4) is 0 Å². The smallest absolute Gasteiger partial charge is 0.243 e. The first-order valence-electron chi connectivity index (χ1n) is 9.34. The van der Waals surface area contributed by atoms with E-state index in [9.17, 15) is 4.79 Å². The van der Waals surface area contributed by atoms with Gasteiger partial charge in [0.15, 0.2) is 0 Å². The number of carbonyl (C=O) groups excluding carboxylic acids is 1. The zero-order valence-corrected chi connectivity index (χ0v) is 14.9. The Morgan fingerprint density at radius 3 is 3.00 bits per heavy atom. The van der Waals surface area contributed by atoms with Crippen molar-refractivity contribution in [3.63, 3.8) is 0 Å². The molecule has 2 aromatic rings. The van der Waals surface area contributed by atoms with Gasteiger partial charge in [0.05, 0.1) is 5.39 Å². The number of aromatic nitrogens is 3. The van der Waals surface area contributed by atoms with Gasteiger partial charge in [-0.2, -0.15) is 0 Å². The van der Waals surface area contributed by atoms with Crippen molar-refractivity contribution in [1.29, 1.82) is 0 Å². The van der Waals surface area contributed by atoms with Crippen molar-refractivity contribution >= 4 is 22.8 Å². The largest absolute Gasteiger partial charge is 0.381 e. The molecule has 2 aromatic heterocycles. The number of H-pyrrole nitrogens is 1. The second-order valence-corrected chi connectivity index (χ2v) is 7.05. The maximum atomic E-state index is 11.7. The van der Waals surface area contributed by atoms with E-state index in [-0.39, 0.29) is 11.9 Å². The molecule has 7 nitrogen and oxygen atoms in total. The van der Waals surface area contributed by atoms with E-state index in [0.29, 0.717) is 5.92 Å². The number of amides is 1. The molecule has 2 fully saturated rings. The molecule has 2 aliphatic rings. The zero-order valence-electron chi connectivity index (χ0n) is 14.9. The summed E-state index contributed by atoms with van der Waals surface area (Å²) in [6, 6.07) is 0.115. The SMILES string of the molecule is C=CC(=O)N[C@@H]1CCCN(c2ncnc3[nH]cc(C4CCOCC4)c23)C1. The molecule has 4 heterocycles. The Morgan fingerprint density at radius 1 is 1.35 bits per heavy atom. The summed E-state index contributed by atoms with van der Waals surface area (Å²) < 4.78 is 5.52. The number of carbonyl (C=O) groups is 1. The van der Waals surface area contributed by atoms with Crippen molar-refractivity contribution < 1.29 is 9.53 Å². The van der Waals surface area contributed by atoms with Crippen LogP contribution in [0, 0.1) is 0 Å². The molecule has 1 amide bonds. The van der Waals surface area contributed by atoms with Crippen LogP contribution in [-0.4, -0.2) is 53.2 Å². The minimum absolute atomic E-state index is 0.115. The van der Waals surface area contributed by atoms with Crippen molar-refractivity contribution in [3.05, 3.63) is 30.7 Å². The lowest BCUT2D eigenvalue weighted by atomic mass is 9.91. The number of fused-ring (bicyclic) bond motifs is 1. The normalized spacial score (nSPS) is 21.7. The van der Waals surface area contributed by atoms with Crippen molar-refractivity contribution in [2.75, 3.05) is 31.2 Å². The van der Waals surface area contributed by atoms with Gasteiger partial charge in [0.25, 0.3) is 0 Å².